The minimum atomic E-state index is -0.185. The van der Waals surface area contributed by atoms with E-state index >= 15 is 0 Å². The van der Waals surface area contributed by atoms with Gasteiger partial charge in [0, 0.05) is 5.69 Å². The number of anilines is 1. The van der Waals surface area contributed by atoms with E-state index in [0.717, 1.165) is 33.5 Å². The summed E-state index contributed by atoms with van der Waals surface area (Å²) in [6.45, 7) is 2.19. The average Bonchev–Trinajstić information content (AvgIpc) is 2.73. The van der Waals surface area contributed by atoms with E-state index in [4.69, 9.17) is 4.74 Å². The number of hydrazone groups is 1. The van der Waals surface area contributed by atoms with Gasteiger partial charge < -0.3 is 10.1 Å². The summed E-state index contributed by atoms with van der Waals surface area (Å²) in [5, 5.41) is 9.59. The van der Waals surface area contributed by atoms with Crippen LogP contribution in [0.2, 0.25) is 0 Å². The van der Waals surface area contributed by atoms with E-state index in [-0.39, 0.29) is 12.5 Å². The monoisotopic (exact) mass is 361 g/mol. The van der Waals surface area contributed by atoms with Crippen LogP contribution in [0.1, 0.15) is 18.9 Å². The van der Waals surface area contributed by atoms with E-state index in [2.05, 4.69) is 21.9 Å². The average molecular weight is 361 g/mol. The number of carbonyl (C=O) groups is 1. The third kappa shape index (κ3) is 4.85. The zero-order chi connectivity index (χ0) is 19.1. The molecule has 3 rings (SSSR count). The Balaban J connectivity index is 1.68. The van der Waals surface area contributed by atoms with E-state index in [1.54, 1.807) is 7.11 Å². The second-order valence-corrected chi connectivity index (χ2v) is 6.09. The van der Waals surface area contributed by atoms with Crippen LogP contribution in [-0.4, -0.2) is 25.3 Å². The first-order chi connectivity index (χ1) is 13.2. The number of ether oxygens (including phenoxy) is 1. The lowest BCUT2D eigenvalue weighted by atomic mass is 10.0. The van der Waals surface area contributed by atoms with Gasteiger partial charge in [0.05, 0.1) is 19.4 Å². The highest BCUT2D eigenvalue weighted by atomic mass is 16.5. The molecule has 0 aliphatic rings. The van der Waals surface area contributed by atoms with E-state index in [9.17, 15) is 4.79 Å². The second kappa shape index (κ2) is 8.85. The fraction of sp³-hybridized carbons (Fsp3) is 0.182. The summed E-state index contributed by atoms with van der Waals surface area (Å²) in [5.74, 6) is 0.646. The molecule has 0 radical (unpaired) electrons. The molecule has 3 aromatic rings. The van der Waals surface area contributed by atoms with Crippen molar-refractivity contribution in [3.8, 4) is 5.75 Å². The van der Waals surface area contributed by atoms with Crippen LogP contribution in [0.15, 0.2) is 71.8 Å². The molecule has 0 fully saturated rings. The number of amides is 1. The van der Waals surface area contributed by atoms with Crippen LogP contribution < -0.4 is 15.5 Å². The number of para-hydroxylation sites is 1. The molecule has 0 unspecified atom stereocenters. The topological polar surface area (TPSA) is 62.7 Å². The Morgan fingerprint density at radius 2 is 1.74 bits per heavy atom. The van der Waals surface area contributed by atoms with E-state index in [0.29, 0.717) is 6.42 Å². The van der Waals surface area contributed by atoms with Crippen LogP contribution in [0.25, 0.3) is 10.8 Å². The van der Waals surface area contributed by atoms with Gasteiger partial charge in [-0.05, 0) is 53.1 Å². The third-order valence-electron chi connectivity index (χ3n) is 4.26. The summed E-state index contributed by atoms with van der Waals surface area (Å²) >= 11 is 0. The summed E-state index contributed by atoms with van der Waals surface area (Å²) < 4.78 is 5.26. The molecule has 0 aliphatic carbocycles. The quantitative estimate of drug-likeness (QED) is 0.490. The highest BCUT2D eigenvalue weighted by Gasteiger charge is 2.06. The minimum Gasteiger partial charge on any atom is -0.497 e. The lowest BCUT2D eigenvalue weighted by molar-refractivity contribution is -0.119. The number of hydrogen-bond donors (Lipinski definition) is 2. The number of methoxy groups -OCH3 is 1. The van der Waals surface area contributed by atoms with Crippen molar-refractivity contribution in [3.63, 3.8) is 0 Å². The van der Waals surface area contributed by atoms with Crippen molar-refractivity contribution in [2.75, 3.05) is 19.0 Å². The Bertz CT molecular complexity index is 952. The standard InChI is InChI=1S/C22H23N3O2/c1-3-21(24-25-22(26)15-23-19-7-5-4-6-8-19)18-10-9-17-14-20(27-2)12-11-16(17)13-18/h4-14,23H,3,15H2,1-2H3,(H,25,26)/b24-21-. The molecule has 5 heteroatoms. The Kier molecular flexibility index (Phi) is 6.05. The number of rotatable bonds is 7. The van der Waals surface area contributed by atoms with Gasteiger partial charge in [-0.2, -0.15) is 5.10 Å². The molecule has 0 saturated heterocycles. The smallest absolute Gasteiger partial charge is 0.259 e. The summed E-state index contributed by atoms with van der Waals surface area (Å²) in [5.41, 5.74) is 5.36. The lowest BCUT2D eigenvalue weighted by Gasteiger charge is -2.09. The Labute approximate surface area is 159 Å². The fourth-order valence-corrected chi connectivity index (χ4v) is 2.79. The molecule has 5 nitrogen and oxygen atoms in total. The van der Waals surface area contributed by atoms with Gasteiger partial charge in [0.2, 0.25) is 0 Å². The maximum Gasteiger partial charge on any atom is 0.259 e. The third-order valence-corrected chi connectivity index (χ3v) is 4.26. The Hall–Kier alpha value is -3.34. The molecule has 0 bridgehead atoms. The number of nitrogens with zero attached hydrogens (tertiary/aromatic N) is 1. The molecule has 0 saturated carbocycles. The van der Waals surface area contributed by atoms with Crippen molar-refractivity contribution in [2.45, 2.75) is 13.3 Å². The van der Waals surface area contributed by atoms with Crippen LogP contribution in [0, 0.1) is 0 Å². The molecule has 3 aromatic carbocycles. The maximum atomic E-state index is 12.1. The zero-order valence-corrected chi connectivity index (χ0v) is 15.5. The zero-order valence-electron chi connectivity index (χ0n) is 15.5. The summed E-state index contributed by atoms with van der Waals surface area (Å²) in [6.07, 6.45) is 0.716. The summed E-state index contributed by atoms with van der Waals surface area (Å²) in [6, 6.07) is 21.7. The van der Waals surface area contributed by atoms with Gasteiger partial charge in [-0.1, -0.05) is 43.3 Å². The van der Waals surface area contributed by atoms with Crippen molar-refractivity contribution in [2.24, 2.45) is 5.10 Å². The Morgan fingerprint density at radius 3 is 2.48 bits per heavy atom. The molecular formula is C22H23N3O2. The maximum absolute atomic E-state index is 12.1. The first-order valence-corrected chi connectivity index (χ1v) is 8.92. The van der Waals surface area contributed by atoms with Crippen molar-refractivity contribution >= 4 is 28.1 Å². The highest BCUT2D eigenvalue weighted by molar-refractivity contribution is 6.03. The molecule has 0 spiro atoms. The van der Waals surface area contributed by atoms with Gasteiger partial charge in [0.25, 0.3) is 5.91 Å². The lowest BCUT2D eigenvalue weighted by Crippen LogP contribution is -2.27. The fourth-order valence-electron chi connectivity index (χ4n) is 2.79. The van der Waals surface area contributed by atoms with Gasteiger partial charge >= 0.3 is 0 Å². The van der Waals surface area contributed by atoms with Crippen LogP contribution in [0.3, 0.4) is 0 Å². The SMILES string of the molecule is CC/C(=N/NC(=O)CNc1ccccc1)c1ccc2cc(OC)ccc2c1. The predicted octanol–water partition coefficient (Wildman–Crippen LogP) is 4.19. The Morgan fingerprint density at radius 1 is 1.00 bits per heavy atom. The van der Waals surface area contributed by atoms with E-state index in [1.807, 2.05) is 67.6 Å². The van der Waals surface area contributed by atoms with Crippen molar-refractivity contribution < 1.29 is 9.53 Å². The predicted molar refractivity (Wildman–Crippen MR) is 110 cm³/mol. The van der Waals surface area contributed by atoms with E-state index in [1.165, 1.54) is 0 Å². The van der Waals surface area contributed by atoms with Gasteiger partial charge in [0.15, 0.2) is 0 Å². The molecule has 138 valence electrons. The molecule has 0 aliphatic heterocycles. The largest absolute Gasteiger partial charge is 0.497 e. The molecule has 27 heavy (non-hydrogen) atoms. The van der Waals surface area contributed by atoms with Gasteiger partial charge in [0.1, 0.15) is 5.75 Å². The van der Waals surface area contributed by atoms with Crippen LogP contribution >= 0.6 is 0 Å². The molecule has 2 N–H and O–H groups in total. The van der Waals surface area contributed by atoms with Crippen molar-refractivity contribution in [1.82, 2.24) is 5.43 Å². The van der Waals surface area contributed by atoms with Crippen molar-refractivity contribution in [3.05, 3.63) is 72.3 Å². The number of hydrogen-bond acceptors (Lipinski definition) is 4. The first-order valence-electron chi connectivity index (χ1n) is 8.92. The summed E-state index contributed by atoms with van der Waals surface area (Å²) in [7, 11) is 1.66. The van der Waals surface area contributed by atoms with Crippen LogP contribution in [0.4, 0.5) is 5.69 Å². The number of fused-ring (bicyclic) bond motifs is 1. The highest BCUT2D eigenvalue weighted by Crippen LogP contribution is 2.22. The number of benzene rings is 3. The van der Waals surface area contributed by atoms with Crippen molar-refractivity contribution in [1.29, 1.82) is 0 Å². The molecule has 1 amide bonds. The summed E-state index contributed by atoms with van der Waals surface area (Å²) in [4.78, 5) is 12.1. The molecule has 0 heterocycles. The van der Waals surface area contributed by atoms with E-state index < -0.39 is 0 Å². The molecule has 0 aromatic heterocycles. The first kappa shape index (κ1) is 18.5. The van der Waals surface area contributed by atoms with Crippen LogP contribution in [0.5, 0.6) is 5.75 Å². The van der Waals surface area contributed by atoms with Crippen LogP contribution in [-0.2, 0) is 4.79 Å². The number of nitrogens with one attached hydrogen (secondary N) is 2. The van der Waals surface area contributed by atoms with Gasteiger partial charge in [-0.3, -0.25) is 4.79 Å². The second-order valence-electron chi connectivity index (χ2n) is 6.09. The van der Waals surface area contributed by atoms with Gasteiger partial charge in [-0.15, -0.1) is 0 Å². The molecule has 0 atom stereocenters. The van der Waals surface area contributed by atoms with Gasteiger partial charge in [-0.25, -0.2) is 5.43 Å². The minimum absolute atomic E-state index is 0.169. The number of carbonyl (C=O) groups excluding carboxylic acids is 1. The molecular weight excluding hydrogens is 338 g/mol. The normalized spacial score (nSPS) is 11.3.